The Labute approximate surface area is 114 Å². The molecule has 2 fully saturated rings. The highest BCUT2D eigenvalue weighted by Crippen LogP contribution is 2.21. The van der Waals surface area contributed by atoms with Crippen molar-refractivity contribution in [2.24, 2.45) is 5.92 Å². The number of hydrogen-bond donors (Lipinski definition) is 1. The van der Waals surface area contributed by atoms with Crippen LogP contribution in [0.3, 0.4) is 0 Å². The van der Waals surface area contributed by atoms with Crippen LogP contribution in [0.25, 0.3) is 0 Å². The van der Waals surface area contributed by atoms with Gasteiger partial charge in [-0.25, -0.2) is 4.79 Å². The molecule has 0 spiro atoms. The number of urea groups is 1. The van der Waals surface area contributed by atoms with E-state index in [0.717, 1.165) is 39.0 Å². The molecule has 2 rings (SSSR count). The minimum atomic E-state index is -0.733. The van der Waals surface area contributed by atoms with E-state index in [0.29, 0.717) is 13.1 Å². The van der Waals surface area contributed by atoms with Crippen LogP contribution in [0.15, 0.2) is 0 Å². The van der Waals surface area contributed by atoms with Gasteiger partial charge in [0, 0.05) is 45.7 Å². The highest BCUT2D eigenvalue weighted by Gasteiger charge is 2.28. The molecular weight excluding hydrogens is 246 g/mol. The van der Waals surface area contributed by atoms with Crippen LogP contribution in [-0.4, -0.2) is 78.1 Å². The molecule has 0 bridgehead atoms. The summed E-state index contributed by atoms with van der Waals surface area (Å²) >= 11 is 0. The van der Waals surface area contributed by atoms with Crippen molar-refractivity contribution in [3.8, 4) is 0 Å². The molecule has 6 nitrogen and oxygen atoms in total. The molecule has 2 aliphatic rings. The van der Waals surface area contributed by atoms with Gasteiger partial charge in [0.1, 0.15) is 0 Å². The molecule has 1 N–H and O–H groups in total. The summed E-state index contributed by atoms with van der Waals surface area (Å²) in [5.41, 5.74) is 0. The maximum atomic E-state index is 12.3. The smallest absolute Gasteiger partial charge is 0.320 e. The van der Waals surface area contributed by atoms with E-state index in [1.165, 1.54) is 0 Å². The first kappa shape index (κ1) is 14.1. The minimum absolute atomic E-state index is 0.127. The Hall–Kier alpha value is -1.30. The minimum Gasteiger partial charge on any atom is -0.481 e. The zero-order valence-corrected chi connectivity index (χ0v) is 11.5. The lowest BCUT2D eigenvalue weighted by atomic mass is 9.94. The molecule has 2 amide bonds. The van der Waals surface area contributed by atoms with Crippen molar-refractivity contribution >= 4 is 12.0 Å². The van der Waals surface area contributed by atoms with E-state index in [1.807, 2.05) is 9.80 Å². The first-order valence-corrected chi connectivity index (χ1v) is 7.00. The number of nitrogens with zero attached hydrogens (tertiary/aromatic N) is 3. The lowest BCUT2D eigenvalue weighted by Gasteiger charge is -2.38. The quantitative estimate of drug-likeness (QED) is 0.794. The number of likely N-dealkylation sites (N-methyl/N-ethyl adjacent to an activating group) is 1. The molecule has 0 aromatic carbocycles. The summed E-state index contributed by atoms with van der Waals surface area (Å²) < 4.78 is 0. The average molecular weight is 269 g/mol. The second kappa shape index (κ2) is 6.23. The molecule has 2 heterocycles. The van der Waals surface area contributed by atoms with Crippen LogP contribution in [0.1, 0.15) is 19.3 Å². The van der Waals surface area contributed by atoms with Gasteiger partial charge in [-0.15, -0.1) is 0 Å². The third-order valence-corrected chi connectivity index (χ3v) is 4.12. The van der Waals surface area contributed by atoms with E-state index < -0.39 is 5.97 Å². The zero-order chi connectivity index (χ0) is 13.8. The summed E-state index contributed by atoms with van der Waals surface area (Å²) in [7, 11) is 2.07. The second-order valence-corrected chi connectivity index (χ2v) is 5.60. The highest BCUT2D eigenvalue weighted by molar-refractivity contribution is 5.74. The van der Waals surface area contributed by atoms with Crippen molar-refractivity contribution in [3.05, 3.63) is 0 Å². The Morgan fingerprint density at radius 3 is 2.05 bits per heavy atom. The third-order valence-electron chi connectivity index (χ3n) is 4.12. The Morgan fingerprint density at radius 1 is 1.00 bits per heavy atom. The van der Waals surface area contributed by atoms with Crippen LogP contribution in [0, 0.1) is 5.92 Å². The zero-order valence-electron chi connectivity index (χ0n) is 11.5. The van der Waals surface area contributed by atoms with E-state index in [-0.39, 0.29) is 18.4 Å². The van der Waals surface area contributed by atoms with Crippen LogP contribution >= 0.6 is 0 Å². The van der Waals surface area contributed by atoms with Gasteiger partial charge in [-0.2, -0.15) is 0 Å². The largest absolute Gasteiger partial charge is 0.481 e. The predicted octanol–water partition coefficient (Wildman–Crippen LogP) is 0.540. The Morgan fingerprint density at radius 2 is 1.53 bits per heavy atom. The number of piperidine rings is 1. The van der Waals surface area contributed by atoms with E-state index in [1.54, 1.807) is 0 Å². The van der Waals surface area contributed by atoms with Gasteiger partial charge in [0.2, 0.25) is 0 Å². The highest BCUT2D eigenvalue weighted by atomic mass is 16.4. The van der Waals surface area contributed by atoms with Gasteiger partial charge in [0.05, 0.1) is 0 Å². The number of likely N-dealkylation sites (tertiary alicyclic amines) is 1. The molecule has 0 aliphatic carbocycles. The van der Waals surface area contributed by atoms with Gasteiger partial charge in [0.25, 0.3) is 0 Å². The summed E-state index contributed by atoms with van der Waals surface area (Å²) in [6, 6.07) is 0.127. The Kier molecular flexibility index (Phi) is 4.63. The van der Waals surface area contributed by atoms with E-state index >= 15 is 0 Å². The molecule has 2 saturated heterocycles. The van der Waals surface area contributed by atoms with Crippen molar-refractivity contribution in [1.82, 2.24) is 14.7 Å². The molecule has 0 aromatic rings. The average Bonchev–Trinajstić information content (AvgIpc) is 2.39. The van der Waals surface area contributed by atoms with Crippen LogP contribution in [0.2, 0.25) is 0 Å². The summed E-state index contributed by atoms with van der Waals surface area (Å²) in [6.07, 6.45) is 1.86. The van der Waals surface area contributed by atoms with Crippen molar-refractivity contribution in [1.29, 1.82) is 0 Å². The van der Waals surface area contributed by atoms with Crippen molar-refractivity contribution in [2.45, 2.75) is 19.3 Å². The van der Waals surface area contributed by atoms with Crippen molar-refractivity contribution < 1.29 is 14.7 Å². The van der Waals surface area contributed by atoms with Gasteiger partial charge in [-0.1, -0.05) is 0 Å². The fourth-order valence-corrected chi connectivity index (χ4v) is 2.77. The molecule has 19 heavy (non-hydrogen) atoms. The fourth-order valence-electron chi connectivity index (χ4n) is 2.77. The van der Waals surface area contributed by atoms with Crippen LogP contribution in [-0.2, 0) is 4.79 Å². The standard InChI is InChI=1S/C13H23N3O3/c1-14-6-8-16(9-7-14)13(19)15-4-2-11(3-5-15)10-12(17)18/h11H,2-10H2,1H3,(H,17,18). The van der Waals surface area contributed by atoms with Crippen molar-refractivity contribution in [3.63, 3.8) is 0 Å². The normalized spacial score (nSPS) is 22.6. The lowest BCUT2D eigenvalue weighted by molar-refractivity contribution is -0.138. The number of rotatable bonds is 2. The fraction of sp³-hybridized carbons (Fsp3) is 0.846. The summed E-state index contributed by atoms with van der Waals surface area (Å²) in [5, 5.41) is 8.78. The number of carbonyl (C=O) groups is 2. The van der Waals surface area contributed by atoms with Crippen molar-refractivity contribution in [2.75, 3.05) is 46.3 Å². The topological polar surface area (TPSA) is 64.1 Å². The summed E-state index contributed by atoms with van der Waals surface area (Å²) in [4.78, 5) is 29.0. The third kappa shape index (κ3) is 3.83. The number of hydrogen-bond acceptors (Lipinski definition) is 3. The molecule has 6 heteroatoms. The second-order valence-electron chi connectivity index (χ2n) is 5.60. The SMILES string of the molecule is CN1CCN(C(=O)N2CCC(CC(=O)O)CC2)CC1. The predicted molar refractivity (Wildman–Crippen MR) is 71.0 cm³/mol. The number of carboxylic acids is 1. The Bertz CT molecular complexity index is 332. The lowest BCUT2D eigenvalue weighted by Crippen LogP contribution is -2.53. The Balaban J connectivity index is 1.77. The van der Waals surface area contributed by atoms with Gasteiger partial charge in [0.15, 0.2) is 0 Å². The van der Waals surface area contributed by atoms with Gasteiger partial charge in [-0.05, 0) is 25.8 Å². The monoisotopic (exact) mass is 269 g/mol. The molecule has 0 unspecified atom stereocenters. The maximum absolute atomic E-state index is 12.3. The first-order valence-electron chi connectivity index (χ1n) is 7.00. The van der Waals surface area contributed by atoms with Crippen LogP contribution in [0.4, 0.5) is 4.79 Å². The number of carbonyl (C=O) groups excluding carboxylic acids is 1. The molecule has 0 radical (unpaired) electrons. The molecule has 2 aliphatic heterocycles. The van der Waals surface area contributed by atoms with Crippen LogP contribution < -0.4 is 0 Å². The number of aliphatic carboxylic acids is 1. The molecule has 0 atom stereocenters. The summed E-state index contributed by atoms with van der Waals surface area (Å²) in [5.74, 6) is -0.502. The van der Waals surface area contributed by atoms with Gasteiger partial charge >= 0.3 is 12.0 Å². The molecule has 0 saturated carbocycles. The molecule has 108 valence electrons. The number of piperazine rings is 1. The van der Waals surface area contributed by atoms with E-state index in [2.05, 4.69) is 11.9 Å². The number of carboxylic acid groups (broad SMARTS) is 1. The summed E-state index contributed by atoms with van der Waals surface area (Å²) in [6.45, 7) is 4.85. The van der Waals surface area contributed by atoms with Crippen LogP contribution in [0.5, 0.6) is 0 Å². The number of amides is 2. The molecular formula is C13H23N3O3. The maximum Gasteiger partial charge on any atom is 0.320 e. The van der Waals surface area contributed by atoms with Gasteiger partial charge < -0.3 is 19.8 Å². The van der Waals surface area contributed by atoms with Gasteiger partial charge in [-0.3, -0.25) is 4.79 Å². The van der Waals surface area contributed by atoms with E-state index in [4.69, 9.17) is 5.11 Å². The van der Waals surface area contributed by atoms with E-state index in [9.17, 15) is 9.59 Å². The first-order chi connectivity index (χ1) is 9.06. The molecule has 0 aromatic heterocycles.